The Morgan fingerprint density at radius 2 is 1.62 bits per heavy atom. The summed E-state index contributed by atoms with van der Waals surface area (Å²) in [6.07, 6.45) is 4.07. The van der Waals surface area contributed by atoms with E-state index in [1.54, 1.807) is 0 Å². The summed E-state index contributed by atoms with van der Waals surface area (Å²) < 4.78 is 5.52. The summed E-state index contributed by atoms with van der Waals surface area (Å²) in [5.41, 5.74) is 4.74. The molecule has 2 aromatic rings. The number of ether oxygens (including phenoxy) is 1. The summed E-state index contributed by atoms with van der Waals surface area (Å²) in [7, 11) is 0. The van der Waals surface area contributed by atoms with E-state index in [4.69, 9.17) is 9.84 Å². The van der Waals surface area contributed by atoms with Crippen LogP contribution in [-0.2, 0) is 14.3 Å². The van der Waals surface area contributed by atoms with Crippen LogP contribution in [0.25, 0.3) is 11.1 Å². The van der Waals surface area contributed by atoms with Crippen LogP contribution in [0.2, 0.25) is 0 Å². The molecular formula is C27H32N2O5. The number of unbranched alkanes of at least 4 members (excludes halogenated alkanes) is 1. The number of hydrogen-bond donors (Lipinski definition) is 3. The number of fused-ring (bicyclic) bond motifs is 3. The first kappa shape index (κ1) is 23.8. The zero-order valence-electron chi connectivity index (χ0n) is 19.3. The van der Waals surface area contributed by atoms with Crippen LogP contribution in [-0.4, -0.2) is 42.3 Å². The van der Waals surface area contributed by atoms with E-state index < -0.39 is 12.1 Å². The molecule has 2 amide bonds. The lowest BCUT2D eigenvalue weighted by molar-refractivity contribution is -0.143. The van der Waals surface area contributed by atoms with Crippen molar-refractivity contribution in [2.75, 3.05) is 13.2 Å². The largest absolute Gasteiger partial charge is 0.481 e. The van der Waals surface area contributed by atoms with E-state index in [9.17, 15) is 14.4 Å². The molecule has 2 aliphatic rings. The summed E-state index contributed by atoms with van der Waals surface area (Å²) in [5.74, 6) is -1.17. The van der Waals surface area contributed by atoms with Gasteiger partial charge in [0.1, 0.15) is 6.61 Å². The third kappa shape index (κ3) is 5.76. The molecule has 7 heteroatoms. The van der Waals surface area contributed by atoms with Gasteiger partial charge in [0.2, 0.25) is 5.91 Å². The highest BCUT2D eigenvalue weighted by molar-refractivity contribution is 5.79. The maximum Gasteiger partial charge on any atom is 0.407 e. The average molecular weight is 465 g/mol. The minimum Gasteiger partial charge on any atom is -0.481 e. The lowest BCUT2D eigenvalue weighted by Gasteiger charge is -2.27. The normalized spacial score (nSPS) is 19.1. The molecule has 0 aliphatic heterocycles. The number of hydrogen-bond acceptors (Lipinski definition) is 4. The molecule has 0 saturated heterocycles. The smallest absolute Gasteiger partial charge is 0.407 e. The van der Waals surface area contributed by atoms with E-state index in [0.29, 0.717) is 38.6 Å². The van der Waals surface area contributed by atoms with Gasteiger partial charge in [0, 0.05) is 24.9 Å². The number of nitrogens with one attached hydrogen (secondary N) is 2. The van der Waals surface area contributed by atoms with Gasteiger partial charge in [0.05, 0.1) is 5.92 Å². The second kappa shape index (κ2) is 11.2. The number of rotatable bonds is 9. The molecule has 2 atom stereocenters. The Bertz CT molecular complexity index is 992. The van der Waals surface area contributed by atoms with Gasteiger partial charge in [0.25, 0.3) is 0 Å². The van der Waals surface area contributed by atoms with Gasteiger partial charge in [-0.3, -0.25) is 9.59 Å². The first-order valence-electron chi connectivity index (χ1n) is 12.1. The molecule has 1 fully saturated rings. The number of amides is 2. The minimum absolute atomic E-state index is 0.0300. The Balaban J connectivity index is 1.13. The third-order valence-corrected chi connectivity index (χ3v) is 6.83. The Hall–Kier alpha value is -3.35. The summed E-state index contributed by atoms with van der Waals surface area (Å²) in [6, 6.07) is 16.4. The van der Waals surface area contributed by atoms with Crippen molar-refractivity contribution in [3.05, 3.63) is 59.7 Å². The van der Waals surface area contributed by atoms with Crippen LogP contribution in [0.15, 0.2) is 48.5 Å². The Kier molecular flexibility index (Phi) is 7.83. The second-order valence-corrected chi connectivity index (χ2v) is 9.18. The van der Waals surface area contributed by atoms with Gasteiger partial charge < -0.3 is 20.5 Å². The number of aliphatic carboxylic acids is 1. The molecule has 7 nitrogen and oxygen atoms in total. The summed E-state index contributed by atoms with van der Waals surface area (Å²) in [4.78, 5) is 35.5. The van der Waals surface area contributed by atoms with Gasteiger partial charge in [-0.05, 0) is 54.4 Å². The first-order chi connectivity index (χ1) is 16.5. The molecule has 2 aromatic carbocycles. The quantitative estimate of drug-likeness (QED) is 0.476. The van der Waals surface area contributed by atoms with Gasteiger partial charge in [-0.2, -0.15) is 0 Å². The molecular weight excluding hydrogens is 432 g/mol. The van der Waals surface area contributed by atoms with Crippen LogP contribution in [0, 0.1) is 5.92 Å². The van der Waals surface area contributed by atoms with Crippen molar-refractivity contribution in [1.29, 1.82) is 0 Å². The van der Waals surface area contributed by atoms with E-state index in [-0.39, 0.29) is 30.4 Å². The molecule has 1 saturated carbocycles. The monoisotopic (exact) mass is 464 g/mol. The number of carboxylic acid groups (broad SMARTS) is 1. The number of carbonyl (C=O) groups excluding carboxylic acids is 2. The van der Waals surface area contributed by atoms with Crippen molar-refractivity contribution in [2.24, 2.45) is 5.92 Å². The molecule has 34 heavy (non-hydrogen) atoms. The van der Waals surface area contributed by atoms with Crippen molar-refractivity contribution in [1.82, 2.24) is 10.6 Å². The van der Waals surface area contributed by atoms with Crippen LogP contribution in [0.4, 0.5) is 4.79 Å². The molecule has 180 valence electrons. The highest BCUT2D eigenvalue weighted by Gasteiger charge is 2.29. The highest BCUT2D eigenvalue weighted by Crippen LogP contribution is 2.44. The Morgan fingerprint density at radius 3 is 2.29 bits per heavy atom. The standard InChI is InChI=1S/C27H32N2O5/c30-25(29-19-9-7-8-18(16-19)26(31)32)14-5-6-15-28-27(33)34-17-24-22-12-3-1-10-20(22)21-11-2-4-13-23(21)24/h1-4,10-13,18-19,24H,5-9,14-17H2,(H,28,33)(H,29,30)(H,31,32)/t18-,19-/m1/s1. The maximum absolute atomic E-state index is 12.2. The van der Waals surface area contributed by atoms with Gasteiger partial charge in [-0.25, -0.2) is 4.79 Å². The Morgan fingerprint density at radius 1 is 0.941 bits per heavy atom. The SMILES string of the molecule is O=C(CCCCNC(=O)OCC1c2ccccc2-c2ccccc21)N[C@@H]1CCC[C@@H](C(=O)O)C1. The van der Waals surface area contributed by atoms with Crippen molar-refractivity contribution in [3.8, 4) is 11.1 Å². The van der Waals surface area contributed by atoms with Crippen molar-refractivity contribution in [3.63, 3.8) is 0 Å². The van der Waals surface area contributed by atoms with Crippen molar-refractivity contribution in [2.45, 2.75) is 56.9 Å². The van der Waals surface area contributed by atoms with Crippen LogP contribution < -0.4 is 10.6 Å². The topological polar surface area (TPSA) is 105 Å². The average Bonchev–Trinajstić information content (AvgIpc) is 3.16. The summed E-state index contributed by atoms with van der Waals surface area (Å²) >= 11 is 0. The van der Waals surface area contributed by atoms with Gasteiger partial charge in [-0.1, -0.05) is 55.0 Å². The van der Waals surface area contributed by atoms with Crippen LogP contribution in [0.3, 0.4) is 0 Å². The predicted molar refractivity (Wildman–Crippen MR) is 128 cm³/mol. The van der Waals surface area contributed by atoms with E-state index in [1.807, 2.05) is 24.3 Å². The second-order valence-electron chi connectivity index (χ2n) is 9.18. The lowest BCUT2D eigenvalue weighted by atomic mass is 9.86. The van der Waals surface area contributed by atoms with E-state index in [0.717, 1.165) is 12.8 Å². The number of benzene rings is 2. The zero-order chi connectivity index (χ0) is 23.9. The number of carboxylic acids is 1. The van der Waals surface area contributed by atoms with E-state index >= 15 is 0 Å². The first-order valence-corrected chi connectivity index (χ1v) is 12.1. The van der Waals surface area contributed by atoms with Gasteiger partial charge in [0.15, 0.2) is 0 Å². The molecule has 0 heterocycles. The van der Waals surface area contributed by atoms with Gasteiger partial charge >= 0.3 is 12.1 Å². The zero-order valence-corrected chi connectivity index (χ0v) is 19.3. The van der Waals surface area contributed by atoms with Gasteiger partial charge in [-0.15, -0.1) is 0 Å². The molecule has 0 spiro atoms. The van der Waals surface area contributed by atoms with Crippen molar-refractivity contribution < 1.29 is 24.2 Å². The fourth-order valence-electron chi connectivity index (χ4n) is 5.10. The molecule has 3 N–H and O–H groups in total. The molecule has 0 aromatic heterocycles. The number of alkyl carbamates (subject to hydrolysis) is 1. The van der Waals surface area contributed by atoms with Crippen LogP contribution in [0.1, 0.15) is 62.0 Å². The maximum atomic E-state index is 12.2. The fourth-order valence-corrected chi connectivity index (χ4v) is 5.10. The van der Waals surface area contributed by atoms with Crippen molar-refractivity contribution >= 4 is 18.0 Å². The van der Waals surface area contributed by atoms with E-state index in [2.05, 4.69) is 34.9 Å². The molecule has 4 rings (SSSR count). The van der Waals surface area contributed by atoms with Crippen LogP contribution >= 0.6 is 0 Å². The van der Waals surface area contributed by atoms with E-state index in [1.165, 1.54) is 22.3 Å². The molecule has 2 aliphatic carbocycles. The lowest BCUT2D eigenvalue weighted by Crippen LogP contribution is -2.39. The molecule has 0 radical (unpaired) electrons. The fraction of sp³-hybridized carbons (Fsp3) is 0.444. The van der Waals surface area contributed by atoms with Crippen LogP contribution in [0.5, 0.6) is 0 Å². The highest BCUT2D eigenvalue weighted by atomic mass is 16.5. The molecule has 0 unspecified atom stereocenters. The summed E-state index contributed by atoms with van der Waals surface area (Å²) in [5, 5.41) is 14.9. The third-order valence-electron chi connectivity index (χ3n) is 6.83. The minimum atomic E-state index is -0.779. The Labute approximate surface area is 199 Å². The summed E-state index contributed by atoms with van der Waals surface area (Å²) in [6.45, 7) is 0.718. The molecule has 0 bridgehead atoms. The number of carbonyl (C=O) groups is 3. The predicted octanol–water partition coefficient (Wildman–Crippen LogP) is 4.46.